The Kier molecular flexibility index (Phi) is 6.60. The van der Waals surface area contributed by atoms with E-state index >= 15 is 0 Å². The molecule has 0 radical (unpaired) electrons. The number of benzene rings is 2. The van der Waals surface area contributed by atoms with E-state index in [2.05, 4.69) is 0 Å². The van der Waals surface area contributed by atoms with Gasteiger partial charge in [0, 0.05) is 16.4 Å². The molecule has 0 N–H and O–H groups in total. The number of halogens is 2. The molecule has 31 heavy (non-hydrogen) atoms. The monoisotopic (exact) mass is 477 g/mol. The molecular weight excluding hydrogens is 457 g/mol. The van der Waals surface area contributed by atoms with E-state index in [1.54, 1.807) is 43.8 Å². The summed E-state index contributed by atoms with van der Waals surface area (Å²) in [5, 5.41) is 2.89. The fourth-order valence-electron chi connectivity index (χ4n) is 3.78. The maximum atomic E-state index is 13.2. The minimum Gasteiger partial charge on any atom is -0.493 e. The second kappa shape index (κ2) is 9.39. The van der Waals surface area contributed by atoms with Gasteiger partial charge in [0.1, 0.15) is 5.75 Å². The predicted octanol–water partition coefficient (Wildman–Crippen LogP) is 5.63. The van der Waals surface area contributed by atoms with Crippen LogP contribution in [-0.2, 0) is 11.2 Å². The van der Waals surface area contributed by atoms with Gasteiger partial charge in [0.05, 0.1) is 25.3 Å². The van der Waals surface area contributed by atoms with Crippen molar-refractivity contribution in [3.05, 3.63) is 73.9 Å². The van der Waals surface area contributed by atoms with Gasteiger partial charge in [-0.05, 0) is 59.3 Å². The van der Waals surface area contributed by atoms with Gasteiger partial charge in [-0.25, -0.2) is 0 Å². The largest absolute Gasteiger partial charge is 0.493 e. The van der Waals surface area contributed by atoms with Crippen LogP contribution in [0, 0.1) is 0 Å². The fourth-order valence-corrected chi connectivity index (χ4v) is 5.10. The van der Waals surface area contributed by atoms with Crippen LogP contribution in [0.3, 0.4) is 0 Å². The molecule has 0 saturated heterocycles. The highest BCUT2D eigenvalue weighted by Gasteiger charge is 2.34. The minimum absolute atomic E-state index is 0.119. The van der Waals surface area contributed by atoms with E-state index in [0.29, 0.717) is 40.3 Å². The van der Waals surface area contributed by atoms with Crippen molar-refractivity contribution in [3.8, 4) is 17.2 Å². The van der Waals surface area contributed by atoms with E-state index < -0.39 is 0 Å². The van der Waals surface area contributed by atoms with Gasteiger partial charge in [0.2, 0.25) is 0 Å². The Bertz CT molecular complexity index is 1090. The highest BCUT2D eigenvalue weighted by molar-refractivity contribution is 7.10. The van der Waals surface area contributed by atoms with Gasteiger partial charge in [-0.2, -0.15) is 0 Å². The van der Waals surface area contributed by atoms with Crippen molar-refractivity contribution in [3.63, 3.8) is 0 Å². The first kappa shape index (κ1) is 21.8. The molecule has 1 amide bonds. The number of carbonyl (C=O) groups excluding carboxylic acids is 1. The van der Waals surface area contributed by atoms with Crippen molar-refractivity contribution in [1.82, 2.24) is 4.90 Å². The van der Waals surface area contributed by atoms with E-state index in [1.165, 1.54) is 0 Å². The van der Waals surface area contributed by atoms with Crippen LogP contribution >= 0.6 is 34.5 Å². The molecule has 162 valence electrons. The van der Waals surface area contributed by atoms with Gasteiger partial charge in [-0.3, -0.25) is 4.79 Å². The Morgan fingerprint density at radius 3 is 2.55 bits per heavy atom. The Morgan fingerprint density at radius 2 is 1.87 bits per heavy atom. The number of methoxy groups -OCH3 is 2. The predicted molar refractivity (Wildman–Crippen MR) is 123 cm³/mol. The number of rotatable bonds is 6. The summed E-state index contributed by atoms with van der Waals surface area (Å²) in [6, 6.07) is 12.7. The van der Waals surface area contributed by atoms with Crippen LogP contribution < -0.4 is 14.2 Å². The summed E-state index contributed by atoms with van der Waals surface area (Å²) in [5.41, 5.74) is 2.17. The summed E-state index contributed by atoms with van der Waals surface area (Å²) >= 11 is 13.7. The van der Waals surface area contributed by atoms with E-state index in [9.17, 15) is 4.79 Å². The normalized spacial score (nSPS) is 15.4. The average molecular weight is 478 g/mol. The number of hydrogen-bond acceptors (Lipinski definition) is 5. The number of ether oxygens (including phenoxy) is 3. The van der Waals surface area contributed by atoms with Crippen LogP contribution in [0.25, 0.3) is 0 Å². The maximum absolute atomic E-state index is 13.2. The third kappa shape index (κ3) is 4.47. The second-order valence-electron chi connectivity index (χ2n) is 7.02. The summed E-state index contributed by atoms with van der Waals surface area (Å²) in [6.45, 7) is 0.452. The molecular formula is C23H21Cl2NO4S. The molecule has 2 heterocycles. The van der Waals surface area contributed by atoms with Crippen molar-refractivity contribution >= 4 is 40.4 Å². The van der Waals surface area contributed by atoms with Crippen molar-refractivity contribution < 1.29 is 19.0 Å². The molecule has 0 saturated carbocycles. The highest BCUT2D eigenvalue weighted by Crippen LogP contribution is 2.42. The molecule has 3 aromatic rings. The molecule has 1 atom stereocenters. The molecule has 0 fully saturated rings. The molecule has 0 bridgehead atoms. The number of carbonyl (C=O) groups is 1. The van der Waals surface area contributed by atoms with Gasteiger partial charge < -0.3 is 19.1 Å². The fraction of sp³-hybridized carbons (Fsp3) is 0.261. The molecule has 0 spiro atoms. The van der Waals surface area contributed by atoms with Crippen molar-refractivity contribution in [2.45, 2.75) is 12.5 Å². The maximum Gasteiger partial charge on any atom is 0.261 e. The smallest absolute Gasteiger partial charge is 0.261 e. The summed E-state index contributed by atoms with van der Waals surface area (Å²) < 4.78 is 16.7. The molecule has 1 aliphatic rings. The van der Waals surface area contributed by atoms with Crippen LogP contribution in [0.2, 0.25) is 10.0 Å². The molecule has 1 unspecified atom stereocenters. The first-order valence-corrected chi connectivity index (χ1v) is 11.3. The van der Waals surface area contributed by atoms with E-state index in [1.807, 2.05) is 34.5 Å². The third-order valence-corrected chi connectivity index (χ3v) is 6.71. The number of hydrogen-bond donors (Lipinski definition) is 0. The Hall–Kier alpha value is -2.41. The number of fused-ring (bicyclic) bond motifs is 1. The van der Waals surface area contributed by atoms with E-state index in [-0.39, 0.29) is 18.6 Å². The summed E-state index contributed by atoms with van der Waals surface area (Å²) in [7, 11) is 3.23. The zero-order valence-corrected chi connectivity index (χ0v) is 19.4. The van der Waals surface area contributed by atoms with Crippen molar-refractivity contribution in [1.29, 1.82) is 0 Å². The van der Waals surface area contributed by atoms with Gasteiger partial charge >= 0.3 is 0 Å². The molecule has 1 aliphatic heterocycles. The lowest BCUT2D eigenvalue weighted by atomic mass is 9.90. The summed E-state index contributed by atoms with van der Waals surface area (Å²) in [6.07, 6.45) is 0.713. The van der Waals surface area contributed by atoms with Crippen LogP contribution in [0.4, 0.5) is 0 Å². The Labute approximate surface area is 195 Å². The zero-order chi connectivity index (χ0) is 22.0. The van der Waals surface area contributed by atoms with Gasteiger partial charge in [0.15, 0.2) is 18.1 Å². The SMILES string of the molecule is COc1cc2c(cc1OC)C(c1cccs1)N(C(=O)COc1ccc(Cl)cc1Cl)CC2. The molecule has 1 aromatic heterocycles. The van der Waals surface area contributed by atoms with E-state index in [4.69, 9.17) is 37.4 Å². The Morgan fingerprint density at radius 1 is 1.10 bits per heavy atom. The standard InChI is InChI=1S/C23H21Cl2NO4S/c1-28-19-10-14-7-8-26(22(27)13-30-18-6-5-15(24)11-17(18)25)23(21-4-3-9-31-21)16(14)12-20(19)29-2/h3-6,9-12,23H,7-8,13H2,1-2H3. The van der Waals surface area contributed by atoms with Crippen LogP contribution in [0.5, 0.6) is 17.2 Å². The molecule has 4 rings (SSSR count). The quantitative estimate of drug-likeness (QED) is 0.461. The third-order valence-electron chi connectivity index (χ3n) is 5.25. The number of nitrogens with zero attached hydrogens (tertiary/aromatic N) is 1. The van der Waals surface area contributed by atoms with Crippen LogP contribution in [0.1, 0.15) is 22.0 Å². The number of thiophene rings is 1. The van der Waals surface area contributed by atoms with Gasteiger partial charge in [0.25, 0.3) is 5.91 Å². The van der Waals surface area contributed by atoms with Crippen LogP contribution in [0.15, 0.2) is 47.8 Å². The lowest BCUT2D eigenvalue weighted by molar-refractivity contribution is -0.135. The Balaban J connectivity index is 1.64. The minimum atomic E-state index is -0.222. The summed E-state index contributed by atoms with van der Waals surface area (Å²) in [4.78, 5) is 16.1. The first-order chi connectivity index (χ1) is 15.0. The molecule has 2 aromatic carbocycles. The molecule has 5 nitrogen and oxygen atoms in total. The average Bonchev–Trinajstić information content (AvgIpc) is 3.31. The molecule has 8 heteroatoms. The highest BCUT2D eigenvalue weighted by atomic mass is 35.5. The first-order valence-electron chi connectivity index (χ1n) is 9.67. The van der Waals surface area contributed by atoms with Crippen molar-refractivity contribution in [2.75, 3.05) is 27.4 Å². The van der Waals surface area contributed by atoms with Gasteiger partial charge in [-0.1, -0.05) is 29.3 Å². The second-order valence-corrected chi connectivity index (χ2v) is 8.85. The lowest BCUT2D eigenvalue weighted by Crippen LogP contribution is -2.42. The van der Waals surface area contributed by atoms with Gasteiger partial charge in [-0.15, -0.1) is 11.3 Å². The van der Waals surface area contributed by atoms with E-state index in [0.717, 1.165) is 16.0 Å². The zero-order valence-electron chi connectivity index (χ0n) is 17.1. The number of amides is 1. The lowest BCUT2D eigenvalue weighted by Gasteiger charge is -2.37. The molecule has 0 aliphatic carbocycles. The summed E-state index contributed by atoms with van der Waals surface area (Å²) in [5.74, 6) is 1.63. The topological polar surface area (TPSA) is 48.0 Å². The van der Waals surface area contributed by atoms with Crippen LogP contribution in [-0.4, -0.2) is 38.2 Å². The van der Waals surface area contributed by atoms with Crippen molar-refractivity contribution in [2.24, 2.45) is 0 Å².